The second kappa shape index (κ2) is 9.48. The van der Waals surface area contributed by atoms with Crippen LogP contribution in [0.2, 0.25) is 0 Å². The fourth-order valence-electron chi connectivity index (χ4n) is 2.84. The monoisotopic (exact) mass is 486 g/mol. The average molecular weight is 487 g/mol. The standard InChI is InChI=1S/C20H18BrF3N2O4/c21-12-3-6-14(7-4-12)30-11-18(27)26-16-8-5-13(10-15(16)20(22,23)24)25-19(28)17-2-1-9-29-17/h3-8,10,17H,1-2,9,11H2,(H,25,28)(H,26,27). The van der Waals surface area contributed by atoms with Crippen LogP contribution in [0, 0.1) is 0 Å². The van der Waals surface area contributed by atoms with Crippen molar-refractivity contribution < 1.29 is 32.2 Å². The van der Waals surface area contributed by atoms with E-state index < -0.39 is 42.0 Å². The lowest BCUT2D eigenvalue weighted by atomic mass is 10.1. The summed E-state index contributed by atoms with van der Waals surface area (Å²) in [5, 5.41) is 4.63. The third kappa shape index (κ3) is 5.96. The fraction of sp³-hybridized carbons (Fsp3) is 0.300. The number of anilines is 2. The first-order valence-electron chi connectivity index (χ1n) is 9.04. The highest BCUT2D eigenvalue weighted by Crippen LogP contribution is 2.36. The molecule has 2 aromatic carbocycles. The molecule has 1 aliphatic rings. The minimum Gasteiger partial charge on any atom is -0.484 e. The number of hydrogen-bond donors (Lipinski definition) is 2. The average Bonchev–Trinajstić information content (AvgIpc) is 3.23. The third-order valence-electron chi connectivity index (χ3n) is 4.27. The van der Waals surface area contributed by atoms with Crippen LogP contribution >= 0.6 is 15.9 Å². The van der Waals surface area contributed by atoms with Crippen molar-refractivity contribution in [2.24, 2.45) is 0 Å². The molecule has 0 bridgehead atoms. The van der Waals surface area contributed by atoms with Gasteiger partial charge in [0.05, 0.1) is 11.3 Å². The maximum Gasteiger partial charge on any atom is 0.418 e. The van der Waals surface area contributed by atoms with E-state index in [1.54, 1.807) is 24.3 Å². The molecule has 0 saturated carbocycles. The van der Waals surface area contributed by atoms with E-state index in [0.717, 1.165) is 23.0 Å². The first kappa shape index (κ1) is 22.1. The van der Waals surface area contributed by atoms with Gasteiger partial charge in [0.15, 0.2) is 6.61 Å². The molecule has 1 heterocycles. The van der Waals surface area contributed by atoms with E-state index in [9.17, 15) is 22.8 Å². The molecular weight excluding hydrogens is 469 g/mol. The fourth-order valence-corrected chi connectivity index (χ4v) is 3.10. The Hall–Kier alpha value is -2.59. The predicted octanol–water partition coefficient (Wildman–Crippen LogP) is 4.60. The Morgan fingerprint density at radius 2 is 1.87 bits per heavy atom. The summed E-state index contributed by atoms with van der Waals surface area (Å²) in [5.74, 6) is -0.851. The van der Waals surface area contributed by atoms with E-state index in [4.69, 9.17) is 9.47 Å². The molecule has 1 unspecified atom stereocenters. The van der Waals surface area contributed by atoms with E-state index in [2.05, 4.69) is 26.6 Å². The van der Waals surface area contributed by atoms with Crippen LogP contribution in [0.15, 0.2) is 46.9 Å². The van der Waals surface area contributed by atoms with Gasteiger partial charge in [0.2, 0.25) is 0 Å². The smallest absolute Gasteiger partial charge is 0.418 e. The Kier molecular flexibility index (Phi) is 6.99. The van der Waals surface area contributed by atoms with Crippen molar-refractivity contribution in [1.29, 1.82) is 0 Å². The van der Waals surface area contributed by atoms with Crippen LogP contribution in [-0.2, 0) is 20.5 Å². The maximum atomic E-state index is 13.5. The number of amides is 2. The Balaban J connectivity index is 1.67. The molecule has 0 aliphatic carbocycles. The van der Waals surface area contributed by atoms with Crippen molar-refractivity contribution in [1.82, 2.24) is 0 Å². The molecule has 0 radical (unpaired) electrons. The summed E-state index contributed by atoms with van der Waals surface area (Å²) >= 11 is 3.26. The second-order valence-electron chi connectivity index (χ2n) is 6.54. The summed E-state index contributed by atoms with van der Waals surface area (Å²) in [4.78, 5) is 24.1. The Bertz CT molecular complexity index is 913. The SMILES string of the molecule is O=C(COc1ccc(Br)cc1)Nc1ccc(NC(=O)C2CCCO2)cc1C(F)(F)F. The summed E-state index contributed by atoms with van der Waals surface area (Å²) in [7, 11) is 0. The van der Waals surface area contributed by atoms with Gasteiger partial charge < -0.3 is 20.1 Å². The highest BCUT2D eigenvalue weighted by atomic mass is 79.9. The van der Waals surface area contributed by atoms with E-state index in [1.165, 1.54) is 6.07 Å². The van der Waals surface area contributed by atoms with Crippen LogP contribution in [0.3, 0.4) is 0 Å². The van der Waals surface area contributed by atoms with Gasteiger partial charge in [-0.05, 0) is 55.3 Å². The van der Waals surface area contributed by atoms with Crippen molar-refractivity contribution in [3.63, 3.8) is 0 Å². The van der Waals surface area contributed by atoms with Crippen molar-refractivity contribution in [2.75, 3.05) is 23.8 Å². The number of ether oxygens (including phenoxy) is 2. The van der Waals surface area contributed by atoms with Gasteiger partial charge in [-0.25, -0.2) is 0 Å². The number of carbonyl (C=O) groups is 2. The predicted molar refractivity (Wildman–Crippen MR) is 107 cm³/mol. The van der Waals surface area contributed by atoms with E-state index in [1.807, 2.05) is 0 Å². The number of halogens is 4. The van der Waals surface area contributed by atoms with Gasteiger partial charge in [-0.3, -0.25) is 9.59 Å². The molecule has 6 nitrogen and oxygen atoms in total. The topological polar surface area (TPSA) is 76.7 Å². The van der Waals surface area contributed by atoms with Gasteiger partial charge in [0, 0.05) is 16.8 Å². The van der Waals surface area contributed by atoms with E-state index in [-0.39, 0.29) is 5.69 Å². The Labute approximate surface area is 178 Å². The van der Waals surface area contributed by atoms with Crippen molar-refractivity contribution >= 4 is 39.1 Å². The summed E-state index contributed by atoms with van der Waals surface area (Å²) in [6, 6.07) is 9.79. The molecule has 1 saturated heterocycles. The molecule has 0 spiro atoms. The molecule has 2 aromatic rings. The molecule has 3 rings (SSSR count). The van der Waals surface area contributed by atoms with Crippen LogP contribution < -0.4 is 15.4 Å². The molecule has 160 valence electrons. The number of alkyl halides is 3. The summed E-state index contributed by atoms with van der Waals surface area (Å²) < 4.78 is 51.8. The minimum atomic E-state index is -4.74. The zero-order valence-electron chi connectivity index (χ0n) is 15.6. The normalized spacial score (nSPS) is 16.2. The minimum absolute atomic E-state index is 0.0352. The van der Waals surface area contributed by atoms with Gasteiger partial charge >= 0.3 is 6.18 Å². The highest BCUT2D eigenvalue weighted by molar-refractivity contribution is 9.10. The number of rotatable bonds is 6. The van der Waals surface area contributed by atoms with Crippen molar-refractivity contribution in [3.05, 3.63) is 52.5 Å². The summed E-state index contributed by atoms with van der Waals surface area (Å²) in [6.45, 7) is -0.0182. The lowest BCUT2D eigenvalue weighted by Gasteiger charge is -2.17. The van der Waals surface area contributed by atoms with E-state index in [0.29, 0.717) is 18.8 Å². The Morgan fingerprint density at radius 1 is 1.13 bits per heavy atom. The molecule has 30 heavy (non-hydrogen) atoms. The second-order valence-corrected chi connectivity index (χ2v) is 7.46. The zero-order chi connectivity index (χ0) is 21.7. The highest BCUT2D eigenvalue weighted by Gasteiger charge is 2.35. The molecule has 1 atom stereocenters. The van der Waals surface area contributed by atoms with Crippen LogP contribution in [0.4, 0.5) is 24.5 Å². The van der Waals surface area contributed by atoms with Crippen LogP contribution in [-0.4, -0.2) is 31.1 Å². The molecule has 0 aromatic heterocycles. The zero-order valence-corrected chi connectivity index (χ0v) is 17.2. The van der Waals surface area contributed by atoms with Gasteiger partial charge in [-0.2, -0.15) is 13.2 Å². The summed E-state index contributed by atoms with van der Waals surface area (Å²) in [6.07, 6.45) is -4.17. The van der Waals surface area contributed by atoms with Gasteiger partial charge in [0.25, 0.3) is 11.8 Å². The quantitative estimate of drug-likeness (QED) is 0.625. The molecule has 1 fully saturated rings. The lowest BCUT2D eigenvalue weighted by molar-refractivity contribution is -0.137. The third-order valence-corrected chi connectivity index (χ3v) is 4.80. The molecular formula is C20H18BrF3N2O4. The maximum absolute atomic E-state index is 13.5. The number of nitrogens with one attached hydrogen (secondary N) is 2. The van der Waals surface area contributed by atoms with Crippen molar-refractivity contribution in [2.45, 2.75) is 25.1 Å². The largest absolute Gasteiger partial charge is 0.484 e. The molecule has 2 N–H and O–H groups in total. The molecule has 10 heteroatoms. The lowest BCUT2D eigenvalue weighted by Crippen LogP contribution is -2.27. The van der Waals surface area contributed by atoms with Crippen molar-refractivity contribution in [3.8, 4) is 5.75 Å². The first-order valence-corrected chi connectivity index (χ1v) is 9.83. The van der Waals surface area contributed by atoms with Crippen LogP contribution in [0.25, 0.3) is 0 Å². The van der Waals surface area contributed by atoms with Crippen LogP contribution in [0.5, 0.6) is 5.75 Å². The van der Waals surface area contributed by atoms with Gasteiger partial charge in [0.1, 0.15) is 11.9 Å². The Morgan fingerprint density at radius 3 is 2.50 bits per heavy atom. The molecule has 1 aliphatic heterocycles. The van der Waals surface area contributed by atoms with Crippen LogP contribution in [0.1, 0.15) is 18.4 Å². The van der Waals surface area contributed by atoms with E-state index >= 15 is 0 Å². The number of hydrogen-bond acceptors (Lipinski definition) is 4. The molecule has 2 amide bonds. The van der Waals surface area contributed by atoms with Gasteiger partial charge in [-0.1, -0.05) is 15.9 Å². The first-order chi connectivity index (χ1) is 14.2. The number of benzene rings is 2. The number of carbonyl (C=O) groups excluding carboxylic acids is 2. The van der Waals surface area contributed by atoms with Gasteiger partial charge in [-0.15, -0.1) is 0 Å². The summed E-state index contributed by atoms with van der Waals surface area (Å²) in [5.41, 5.74) is -1.54.